The van der Waals surface area contributed by atoms with Gasteiger partial charge in [0, 0.05) is 10.4 Å². The van der Waals surface area contributed by atoms with E-state index in [9.17, 15) is 0 Å². The lowest BCUT2D eigenvalue weighted by Gasteiger charge is -2.26. The maximum Gasteiger partial charge on any atom is 0.0701 e. The Balaban J connectivity index is 1.87. The molecule has 1 aromatic heterocycles. The molecule has 1 aliphatic carbocycles. The summed E-state index contributed by atoms with van der Waals surface area (Å²) in [6.45, 7) is 7.95. The molecule has 1 nitrogen and oxygen atoms in total. The van der Waals surface area contributed by atoms with Crippen molar-refractivity contribution >= 4 is 27.3 Å². The highest BCUT2D eigenvalue weighted by Gasteiger charge is 2.28. The van der Waals surface area contributed by atoms with Crippen LogP contribution in [0.3, 0.4) is 0 Å². The first kappa shape index (κ1) is 14.5. The van der Waals surface area contributed by atoms with Crippen LogP contribution in [0.1, 0.15) is 44.9 Å². The van der Waals surface area contributed by atoms with Gasteiger partial charge in [-0.1, -0.05) is 6.42 Å². The minimum absolute atomic E-state index is 0.249. The summed E-state index contributed by atoms with van der Waals surface area (Å²) in [7, 11) is 0. The molecule has 0 aliphatic heterocycles. The lowest BCUT2D eigenvalue weighted by molar-refractivity contribution is 0.318. The van der Waals surface area contributed by atoms with Gasteiger partial charge in [0.15, 0.2) is 0 Å². The molecule has 1 N–H and O–H groups in total. The van der Waals surface area contributed by atoms with Gasteiger partial charge in [-0.05, 0) is 86.5 Å². The van der Waals surface area contributed by atoms with Gasteiger partial charge in [0.05, 0.1) is 3.79 Å². The molecule has 2 rings (SSSR count). The third kappa shape index (κ3) is 4.36. The fourth-order valence-electron chi connectivity index (χ4n) is 2.81. The second kappa shape index (κ2) is 6.06. The van der Waals surface area contributed by atoms with Crippen molar-refractivity contribution in [2.24, 2.45) is 11.8 Å². The van der Waals surface area contributed by atoms with Gasteiger partial charge >= 0.3 is 0 Å². The summed E-state index contributed by atoms with van der Waals surface area (Å²) in [5.74, 6) is 1.75. The Labute approximate surface area is 123 Å². The smallest absolute Gasteiger partial charge is 0.0701 e. The van der Waals surface area contributed by atoms with Crippen LogP contribution in [0.4, 0.5) is 0 Å². The van der Waals surface area contributed by atoms with Gasteiger partial charge in [-0.2, -0.15) is 0 Å². The Hall–Kier alpha value is 0.140. The summed E-state index contributed by atoms with van der Waals surface area (Å²) < 4.78 is 1.26. The van der Waals surface area contributed by atoms with E-state index in [-0.39, 0.29) is 5.54 Å². The largest absolute Gasteiger partial charge is 0.312 e. The predicted molar refractivity (Wildman–Crippen MR) is 84.3 cm³/mol. The van der Waals surface area contributed by atoms with Gasteiger partial charge in [0.2, 0.25) is 0 Å². The second-order valence-corrected chi connectivity index (χ2v) is 9.04. The van der Waals surface area contributed by atoms with Crippen LogP contribution < -0.4 is 5.32 Å². The van der Waals surface area contributed by atoms with Crippen LogP contribution in [0.25, 0.3) is 0 Å². The van der Waals surface area contributed by atoms with E-state index in [2.05, 4.69) is 54.2 Å². The molecule has 2 unspecified atom stereocenters. The molecule has 18 heavy (non-hydrogen) atoms. The minimum atomic E-state index is 0.249. The highest BCUT2D eigenvalue weighted by Crippen LogP contribution is 2.36. The quantitative estimate of drug-likeness (QED) is 0.831. The van der Waals surface area contributed by atoms with Crippen LogP contribution in [0.2, 0.25) is 0 Å². The number of hydrogen-bond donors (Lipinski definition) is 1. The summed E-state index contributed by atoms with van der Waals surface area (Å²) >= 11 is 5.46. The molecule has 0 spiro atoms. The molecule has 0 aromatic carbocycles. The van der Waals surface area contributed by atoms with Crippen molar-refractivity contribution in [2.75, 3.05) is 6.54 Å². The van der Waals surface area contributed by atoms with Crippen LogP contribution in [0, 0.1) is 11.8 Å². The van der Waals surface area contributed by atoms with Crippen molar-refractivity contribution in [1.29, 1.82) is 0 Å². The van der Waals surface area contributed by atoms with Gasteiger partial charge in [0.1, 0.15) is 0 Å². The van der Waals surface area contributed by atoms with Crippen molar-refractivity contribution in [2.45, 2.75) is 52.0 Å². The van der Waals surface area contributed by atoms with Gasteiger partial charge in [0.25, 0.3) is 0 Å². The molecule has 0 saturated heterocycles. The molecule has 1 aliphatic rings. The number of thiophene rings is 1. The van der Waals surface area contributed by atoms with Gasteiger partial charge in [-0.25, -0.2) is 0 Å². The molecule has 0 amide bonds. The third-order valence-corrected chi connectivity index (χ3v) is 5.45. The molecule has 3 heteroatoms. The van der Waals surface area contributed by atoms with Crippen LogP contribution in [0.15, 0.2) is 15.9 Å². The normalized spacial score (nSPS) is 24.7. The van der Waals surface area contributed by atoms with E-state index in [0.717, 1.165) is 11.8 Å². The van der Waals surface area contributed by atoms with Gasteiger partial charge in [-0.15, -0.1) is 11.3 Å². The molecule has 2 atom stereocenters. The van der Waals surface area contributed by atoms with Crippen LogP contribution in [-0.2, 0) is 6.42 Å². The summed E-state index contributed by atoms with van der Waals surface area (Å²) in [6.07, 6.45) is 5.49. The predicted octanol–water partition coefficient (Wildman–Crippen LogP) is 4.86. The second-order valence-electron chi connectivity index (χ2n) is 6.49. The molecule has 1 saturated carbocycles. The van der Waals surface area contributed by atoms with Gasteiger partial charge < -0.3 is 5.32 Å². The Kier molecular flexibility index (Phi) is 4.90. The van der Waals surface area contributed by atoms with E-state index >= 15 is 0 Å². The Morgan fingerprint density at radius 2 is 2.00 bits per heavy atom. The maximum atomic E-state index is 3.68. The average molecular weight is 330 g/mol. The fourth-order valence-corrected chi connectivity index (χ4v) is 4.38. The Morgan fingerprint density at radius 3 is 2.61 bits per heavy atom. The summed E-state index contributed by atoms with van der Waals surface area (Å²) in [5, 5.41) is 3.68. The zero-order valence-corrected chi connectivity index (χ0v) is 14.0. The molecule has 1 fully saturated rings. The van der Waals surface area contributed by atoms with Crippen molar-refractivity contribution in [3.8, 4) is 0 Å². The highest BCUT2D eigenvalue weighted by atomic mass is 79.9. The third-order valence-electron chi connectivity index (χ3n) is 3.80. The Bertz CT molecular complexity index is 380. The summed E-state index contributed by atoms with van der Waals surface area (Å²) in [6, 6.07) is 4.46. The van der Waals surface area contributed by atoms with E-state index in [1.165, 1.54) is 40.9 Å². The molecule has 1 heterocycles. The first-order valence-corrected chi connectivity index (χ1v) is 8.54. The molecule has 1 aromatic rings. The van der Waals surface area contributed by atoms with Crippen LogP contribution >= 0.6 is 27.3 Å². The van der Waals surface area contributed by atoms with Crippen LogP contribution in [-0.4, -0.2) is 12.1 Å². The SMILES string of the molecule is CC(C)(C)NCC1CCCC1Cc1ccc(Br)s1. The number of nitrogens with one attached hydrogen (secondary N) is 1. The molecule has 0 radical (unpaired) electrons. The molecular weight excluding hydrogens is 306 g/mol. The maximum absolute atomic E-state index is 3.68. The van der Waals surface area contributed by atoms with Gasteiger partial charge in [-0.3, -0.25) is 0 Å². The average Bonchev–Trinajstić information content (AvgIpc) is 2.85. The molecular formula is C15H24BrNS. The lowest BCUT2D eigenvalue weighted by Crippen LogP contribution is -2.40. The topological polar surface area (TPSA) is 12.0 Å². The first-order chi connectivity index (χ1) is 8.44. The highest BCUT2D eigenvalue weighted by molar-refractivity contribution is 9.11. The molecule has 102 valence electrons. The van der Waals surface area contributed by atoms with E-state index in [1.807, 2.05) is 11.3 Å². The summed E-state index contributed by atoms with van der Waals surface area (Å²) in [5.41, 5.74) is 0.249. The van der Waals surface area contributed by atoms with Crippen molar-refractivity contribution < 1.29 is 0 Å². The Morgan fingerprint density at radius 1 is 1.28 bits per heavy atom. The van der Waals surface area contributed by atoms with E-state index in [1.54, 1.807) is 0 Å². The molecule has 0 bridgehead atoms. The standard InChI is InChI=1S/C15H24BrNS/c1-15(2,3)17-10-12-6-4-5-11(12)9-13-7-8-14(16)18-13/h7-8,11-12,17H,4-6,9-10H2,1-3H3. The van der Waals surface area contributed by atoms with E-state index < -0.39 is 0 Å². The summed E-state index contributed by atoms with van der Waals surface area (Å²) in [4.78, 5) is 1.54. The first-order valence-electron chi connectivity index (χ1n) is 6.93. The zero-order valence-electron chi connectivity index (χ0n) is 11.6. The minimum Gasteiger partial charge on any atom is -0.312 e. The fraction of sp³-hybridized carbons (Fsp3) is 0.733. The van der Waals surface area contributed by atoms with Crippen molar-refractivity contribution in [1.82, 2.24) is 5.32 Å². The van der Waals surface area contributed by atoms with E-state index in [4.69, 9.17) is 0 Å². The van der Waals surface area contributed by atoms with Crippen molar-refractivity contribution in [3.05, 3.63) is 20.8 Å². The van der Waals surface area contributed by atoms with E-state index in [0.29, 0.717) is 0 Å². The lowest BCUT2D eigenvalue weighted by atomic mass is 9.91. The van der Waals surface area contributed by atoms with Crippen molar-refractivity contribution in [3.63, 3.8) is 0 Å². The van der Waals surface area contributed by atoms with Crippen LogP contribution in [0.5, 0.6) is 0 Å². The monoisotopic (exact) mass is 329 g/mol. The zero-order chi connectivity index (χ0) is 13.2. The number of halogens is 1. The number of rotatable bonds is 4. The number of hydrogen-bond acceptors (Lipinski definition) is 2.